The van der Waals surface area contributed by atoms with Crippen molar-refractivity contribution in [3.8, 4) is 0 Å². The minimum absolute atomic E-state index is 0.318. The second-order valence-corrected chi connectivity index (χ2v) is 8.56. The van der Waals surface area contributed by atoms with Crippen molar-refractivity contribution in [1.29, 1.82) is 0 Å². The molecule has 2 heterocycles. The summed E-state index contributed by atoms with van der Waals surface area (Å²) in [4.78, 5) is 19.7. The number of hydrogen-bond donors (Lipinski definition) is 0. The van der Waals surface area contributed by atoms with Crippen LogP contribution in [0.2, 0.25) is 0 Å². The first-order valence-electron chi connectivity index (χ1n) is 10.3. The molecule has 1 aromatic rings. The molecule has 2 saturated heterocycles. The molecule has 26 heavy (non-hydrogen) atoms. The van der Waals surface area contributed by atoms with Gasteiger partial charge in [-0.15, -0.1) is 0 Å². The number of benzene rings is 1. The molecular formula is C22H35N3O. The van der Waals surface area contributed by atoms with Crippen molar-refractivity contribution >= 4 is 5.91 Å². The highest BCUT2D eigenvalue weighted by Gasteiger charge is 2.38. The predicted octanol–water partition coefficient (Wildman–Crippen LogP) is 2.88. The first-order chi connectivity index (χ1) is 12.5. The first-order valence-corrected chi connectivity index (χ1v) is 10.3. The van der Waals surface area contributed by atoms with Crippen LogP contribution in [0.3, 0.4) is 0 Å². The fourth-order valence-electron chi connectivity index (χ4n) is 4.27. The Balaban J connectivity index is 1.48. The molecule has 0 unspecified atom stereocenters. The summed E-state index contributed by atoms with van der Waals surface area (Å²) in [7, 11) is 2.22. The number of piperidine rings is 1. The van der Waals surface area contributed by atoms with E-state index in [1.54, 1.807) is 0 Å². The smallest absolute Gasteiger partial charge is 0.223 e. The molecule has 0 aromatic heterocycles. The second kappa shape index (κ2) is 9.01. The van der Waals surface area contributed by atoms with Crippen LogP contribution in [0.15, 0.2) is 30.3 Å². The van der Waals surface area contributed by atoms with Gasteiger partial charge in [0.2, 0.25) is 5.91 Å². The first kappa shape index (κ1) is 19.4. The molecular weight excluding hydrogens is 322 g/mol. The molecule has 4 heteroatoms. The van der Waals surface area contributed by atoms with E-state index in [1.807, 2.05) is 18.2 Å². The summed E-state index contributed by atoms with van der Waals surface area (Å²) in [6.45, 7) is 10.0. The quantitative estimate of drug-likeness (QED) is 0.751. The van der Waals surface area contributed by atoms with Crippen LogP contribution in [0.1, 0.15) is 38.7 Å². The number of nitrogens with zero attached hydrogens (tertiary/aromatic N) is 3. The zero-order valence-electron chi connectivity index (χ0n) is 16.7. The van der Waals surface area contributed by atoms with E-state index in [2.05, 4.69) is 47.7 Å². The van der Waals surface area contributed by atoms with E-state index in [9.17, 15) is 4.79 Å². The lowest BCUT2D eigenvalue weighted by atomic mass is 9.96. The molecule has 2 aliphatic rings. The van der Waals surface area contributed by atoms with E-state index in [4.69, 9.17) is 0 Å². The molecule has 1 amide bonds. The van der Waals surface area contributed by atoms with Crippen LogP contribution in [-0.2, 0) is 11.2 Å². The Morgan fingerprint density at radius 2 is 1.77 bits per heavy atom. The standard InChI is InChI=1S/C22H35N3O/c1-18(2)15-25(20-11-13-23(3)14-12-20)21-16-24(17-21)22(26)10-9-19-7-5-4-6-8-19/h4-8,18,20-21H,9-17H2,1-3H3. The Morgan fingerprint density at radius 3 is 2.38 bits per heavy atom. The van der Waals surface area contributed by atoms with Gasteiger partial charge in [0.1, 0.15) is 0 Å². The van der Waals surface area contributed by atoms with Crippen molar-refractivity contribution in [3.63, 3.8) is 0 Å². The van der Waals surface area contributed by atoms with Gasteiger partial charge in [-0.1, -0.05) is 44.2 Å². The SMILES string of the molecule is CC(C)CN(C1CCN(C)CC1)C1CN(C(=O)CCc2ccccc2)C1. The van der Waals surface area contributed by atoms with Gasteiger partial charge in [0, 0.05) is 38.1 Å². The van der Waals surface area contributed by atoms with Gasteiger partial charge in [-0.25, -0.2) is 0 Å². The monoisotopic (exact) mass is 357 g/mol. The van der Waals surface area contributed by atoms with E-state index < -0.39 is 0 Å². The number of carbonyl (C=O) groups is 1. The van der Waals surface area contributed by atoms with E-state index in [1.165, 1.54) is 31.5 Å². The Hall–Kier alpha value is -1.39. The normalized spacial score (nSPS) is 20.0. The maximum Gasteiger partial charge on any atom is 0.223 e. The Labute approximate surface area is 159 Å². The highest BCUT2D eigenvalue weighted by atomic mass is 16.2. The van der Waals surface area contributed by atoms with Crippen LogP contribution in [0, 0.1) is 5.92 Å². The molecule has 1 aromatic carbocycles. The topological polar surface area (TPSA) is 26.8 Å². The van der Waals surface area contributed by atoms with E-state index in [-0.39, 0.29) is 0 Å². The molecule has 4 nitrogen and oxygen atoms in total. The van der Waals surface area contributed by atoms with Crippen LogP contribution in [-0.4, -0.2) is 72.5 Å². The lowest BCUT2D eigenvalue weighted by molar-refractivity contribution is -0.140. The minimum Gasteiger partial charge on any atom is -0.339 e. The maximum absolute atomic E-state index is 12.5. The van der Waals surface area contributed by atoms with E-state index >= 15 is 0 Å². The number of aryl methyl sites for hydroxylation is 1. The zero-order valence-corrected chi connectivity index (χ0v) is 16.7. The number of hydrogen-bond acceptors (Lipinski definition) is 3. The van der Waals surface area contributed by atoms with Gasteiger partial charge in [0.25, 0.3) is 0 Å². The molecule has 144 valence electrons. The van der Waals surface area contributed by atoms with Crippen LogP contribution in [0.4, 0.5) is 0 Å². The summed E-state index contributed by atoms with van der Waals surface area (Å²) in [5.74, 6) is 0.996. The third-order valence-corrected chi connectivity index (χ3v) is 5.89. The number of amides is 1. The summed E-state index contributed by atoms with van der Waals surface area (Å²) < 4.78 is 0. The van der Waals surface area contributed by atoms with Crippen molar-refractivity contribution in [3.05, 3.63) is 35.9 Å². The molecule has 0 N–H and O–H groups in total. The van der Waals surface area contributed by atoms with E-state index in [0.29, 0.717) is 30.3 Å². The summed E-state index contributed by atoms with van der Waals surface area (Å²) in [6.07, 6.45) is 4.02. The Kier molecular flexibility index (Phi) is 6.71. The largest absolute Gasteiger partial charge is 0.339 e. The van der Waals surface area contributed by atoms with Gasteiger partial charge in [-0.3, -0.25) is 9.69 Å². The summed E-state index contributed by atoms with van der Waals surface area (Å²) >= 11 is 0. The van der Waals surface area contributed by atoms with Crippen molar-refractivity contribution in [2.75, 3.05) is 39.8 Å². The van der Waals surface area contributed by atoms with Crippen molar-refractivity contribution in [1.82, 2.24) is 14.7 Å². The van der Waals surface area contributed by atoms with Crippen LogP contribution in [0.5, 0.6) is 0 Å². The molecule has 2 aliphatic heterocycles. The molecule has 3 rings (SSSR count). The lowest BCUT2D eigenvalue weighted by Gasteiger charge is -2.50. The molecule has 0 spiro atoms. The molecule has 0 saturated carbocycles. The highest BCUT2D eigenvalue weighted by Crippen LogP contribution is 2.25. The highest BCUT2D eigenvalue weighted by molar-refractivity contribution is 5.77. The maximum atomic E-state index is 12.5. The number of carbonyl (C=O) groups excluding carboxylic acids is 1. The van der Waals surface area contributed by atoms with Crippen LogP contribution >= 0.6 is 0 Å². The third kappa shape index (κ3) is 5.08. The van der Waals surface area contributed by atoms with Crippen LogP contribution < -0.4 is 0 Å². The lowest BCUT2D eigenvalue weighted by Crippen LogP contribution is -2.64. The minimum atomic E-state index is 0.318. The van der Waals surface area contributed by atoms with Gasteiger partial charge >= 0.3 is 0 Å². The molecule has 0 aliphatic carbocycles. The Morgan fingerprint density at radius 1 is 1.12 bits per heavy atom. The van der Waals surface area contributed by atoms with Crippen LogP contribution in [0.25, 0.3) is 0 Å². The van der Waals surface area contributed by atoms with Crippen molar-refractivity contribution < 1.29 is 4.79 Å². The zero-order chi connectivity index (χ0) is 18.5. The number of likely N-dealkylation sites (tertiary alicyclic amines) is 2. The van der Waals surface area contributed by atoms with E-state index in [0.717, 1.165) is 26.1 Å². The molecule has 2 fully saturated rings. The van der Waals surface area contributed by atoms with Crippen molar-refractivity contribution in [2.45, 2.75) is 51.6 Å². The fraction of sp³-hybridized carbons (Fsp3) is 0.682. The summed E-state index contributed by atoms with van der Waals surface area (Å²) in [5, 5.41) is 0. The van der Waals surface area contributed by atoms with Gasteiger partial charge in [-0.2, -0.15) is 0 Å². The molecule has 0 atom stereocenters. The second-order valence-electron chi connectivity index (χ2n) is 8.56. The summed E-state index contributed by atoms with van der Waals surface area (Å²) in [6, 6.07) is 11.6. The Bertz CT molecular complexity index is 560. The van der Waals surface area contributed by atoms with Gasteiger partial charge < -0.3 is 9.80 Å². The van der Waals surface area contributed by atoms with Gasteiger partial charge in [0.05, 0.1) is 0 Å². The predicted molar refractivity (Wildman–Crippen MR) is 107 cm³/mol. The molecule has 0 bridgehead atoms. The van der Waals surface area contributed by atoms with Gasteiger partial charge in [0.15, 0.2) is 0 Å². The third-order valence-electron chi connectivity index (χ3n) is 5.89. The summed E-state index contributed by atoms with van der Waals surface area (Å²) in [5.41, 5.74) is 1.26. The van der Waals surface area contributed by atoms with Crippen molar-refractivity contribution in [2.24, 2.45) is 5.92 Å². The average molecular weight is 358 g/mol. The fourth-order valence-corrected chi connectivity index (χ4v) is 4.27. The average Bonchev–Trinajstić information content (AvgIpc) is 2.59. The number of rotatable bonds is 7. The molecule has 0 radical (unpaired) electrons. The van der Waals surface area contributed by atoms with Gasteiger partial charge in [-0.05, 0) is 50.9 Å².